The van der Waals surface area contributed by atoms with E-state index in [1.165, 1.54) is 4.90 Å². The highest BCUT2D eigenvalue weighted by Crippen LogP contribution is 2.18. The molecule has 0 aromatic heterocycles. The molecule has 0 spiro atoms. The second kappa shape index (κ2) is 5.53. The summed E-state index contributed by atoms with van der Waals surface area (Å²) in [6.07, 6.45) is 1.41. The number of nitrogens with two attached hydrogens (primary N) is 1. The van der Waals surface area contributed by atoms with Gasteiger partial charge in [0.1, 0.15) is 12.6 Å². The lowest BCUT2D eigenvalue weighted by atomic mass is 10.2. The fourth-order valence-electron chi connectivity index (χ4n) is 2.10. The molecule has 5 nitrogen and oxygen atoms in total. The van der Waals surface area contributed by atoms with Gasteiger partial charge < -0.3 is 15.4 Å². The van der Waals surface area contributed by atoms with Crippen LogP contribution >= 0.6 is 0 Å². The number of benzene rings is 1. The minimum atomic E-state index is -0.561. The lowest BCUT2D eigenvalue weighted by Crippen LogP contribution is -2.44. The van der Waals surface area contributed by atoms with E-state index >= 15 is 0 Å². The molecule has 1 saturated heterocycles. The van der Waals surface area contributed by atoms with Crippen LogP contribution in [0.15, 0.2) is 30.3 Å². The van der Waals surface area contributed by atoms with E-state index in [-0.39, 0.29) is 12.6 Å². The Hall–Kier alpha value is -2.04. The van der Waals surface area contributed by atoms with E-state index in [0.717, 1.165) is 12.0 Å². The molecule has 1 aromatic carbocycles. The van der Waals surface area contributed by atoms with Crippen LogP contribution in [0.3, 0.4) is 0 Å². The first kappa shape index (κ1) is 12.4. The number of hydrogen-bond acceptors (Lipinski definition) is 3. The maximum atomic E-state index is 11.9. The molecular weight excluding hydrogens is 232 g/mol. The van der Waals surface area contributed by atoms with Crippen molar-refractivity contribution in [2.75, 3.05) is 6.54 Å². The van der Waals surface area contributed by atoms with Gasteiger partial charge in [-0.3, -0.25) is 0 Å². The average Bonchev–Trinajstić information content (AvgIpc) is 2.86. The molecule has 0 unspecified atom stereocenters. The second-order valence-electron chi connectivity index (χ2n) is 4.28. The molecule has 2 N–H and O–H groups in total. The zero-order valence-electron chi connectivity index (χ0n) is 10.0. The Morgan fingerprint density at radius 2 is 2.06 bits per heavy atom. The summed E-state index contributed by atoms with van der Waals surface area (Å²) < 4.78 is 5.20. The summed E-state index contributed by atoms with van der Waals surface area (Å²) in [6.45, 7) is 0.753. The number of likely N-dealkylation sites (tertiary alicyclic amines) is 1. The molecule has 96 valence electrons. The number of hydrogen-bond donors (Lipinski definition) is 1. The topological polar surface area (TPSA) is 72.6 Å². The molecule has 2 amide bonds. The van der Waals surface area contributed by atoms with Crippen molar-refractivity contribution in [1.29, 1.82) is 0 Å². The second-order valence-corrected chi connectivity index (χ2v) is 4.28. The van der Waals surface area contributed by atoms with E-state index in [0.29, 0.717) is 13.0 Å². The SMILES string of the molecule is NC(=O)N1CCC[C@H]1C(=O)OCc1ccccc1. The fraction of sp³-hybridized carbons (Fsp3) is 0.385. The Kier molecular flexibility index (Phi) is 3.82. The van der Waals surface area contributed by atoms with Gasteiger partial charge >= 0.3 is 12.0 Å². The van der Waals surface area contributed by atoms with Crippen molar-refractivity contribution in [2.45, 2.75) is 25.5 Å². The van der Waals surface area contributed by atoms with Crippen LogP contribution in [0.1, 0.15) is 18.4 Å². The molecule has 2 rings (SSSR count). The standard InChI is InChI=1S/C13H16N2O3/c14-13(17)15-8-4-7-11(15)12(16)18-9-10-5-2-1-3-6-10/h1-3,5-6,11H,4,7-9H2,(H2,14,17)/t11-/m0/s1. The van der Waals surface area contributed by atoms with E-state index in [1.807, 2.05) is 30.3 Å². The number of nitrogens with zero attached hydrogens (tertiary/aromatic N) is 1. The molecule has 0 aliphatic carbocycles. The quantitative estimate of drug-likeness (QED) is 0.819. The Balaban J connectivity index is 1.90. The van der Waals surface area contributed by atoms with E-state index < -0.39 is 12.1 Å². The highest BCUT2D eigenvalue weighted by atomic mass is 16.5. The van der Waals surface area contributed by atoms with Gasteiger partial charge in [0, 0.05) is 6.54 Å². The Bertz CT molecular complexity index is 433. The molecule has 1 atom stereocenters. The molecule has 1 aromatic rings. The summed E-state index contributed by atoms with van der Waals surface area (Å²) in [5, 5.41) is 0. The molecule has 0 saturated carbocycles. The van der Waals surface area contributed by atoms with Gasteiger partial charge in [-0.25, -0.2) is 9.59 Å². The molecule has 1 aliphatic rings. The summed E-state index contributed by atoms with van der Waals surface area (Å²) in [7, 11) is 0. The minimum absolute atomic E-state index is 0.225. The van der Waals surface area contributed by atoms with Gasteiger partial charge in [0.05, 0.1) is 0 Å². The van der Waals surface area contributed by atoms with Gasteiger partial charge in [0.15, 0.2) is 0 Å². The minimum Gasteiger partial charge on any atom is -0.459 e. The van der Waals surface area contributed by atoms with E-state index in [1.54, 1.807) is 0 Å². The number of urea groups is 1. The molecule has 5 heteroatoms. The van der Waals surface area contributed by atoms with Crippen molar-refractivity contribution >= 4 is 12.0 Å². The first-order valence-corrected chi connectivity index (χ1v) is 5.95. The molecule has 0 bridgehead atoms. The molecule has 18 heavy (non-hydrogen) atoms. The zero-order chi connectivity index (χ0) is 13.0. The van der Waals surface area contributed by atoms with Gasteiger partial charge in [0.25, 0.3) is 0 Å². The number of amides is 2. The van der Waals surface area contributed by atoms with Crippen LogP contribution in [0.25, 0.3) is 0 Å². The van der Waals surface area contributed by atoms with Crippen LogP contribution in [-0.4, -0.2) is 29.5 Å². The van der Waals surface area contributed by atoms with Crippen LogP contribution in [0.5, 0.6) is 0 Å². The Labute approximate surface area is 106 Å². The number of carbonyl (C=O) groups excluding carboxylic acids is 2. The monoisotopic (exact) mass is 248 g/mol. The van der Waals surface area contributed by atoms with Gasteiger partial charge in [-0.15, -0.1) is 0 Å². The first-order valence-electron chi connectivity index (χ1n) is 5.95. The number of carbonyl (C=O) groups is 2. The van der Waals surface area contributed by atoms with Crippen molar-refractivity contribution in [2.24, 2.45) is 5.73 Å². The number of primary amides is 1. The number of rotatable bonds is 3. The smallest absolute Gasteiger partial charge is 0.329 e. The summed E-state index contributed by atoms with van der Waals surface area (Å²) in [6, 6.07) is 8.35. The van der Waals surface area contributed by atoms with Crippen LogP contribution in [-0.2, 0) is 16.1 Å². The predicted molar refractivity (Wildman–Crippen MR) is 65.5 cm³/mol. The lowest BCUT2D eigenvalue weighted by Gasteiger charge is -2.20. The molecule has 1 fully saturated rings. The normalized spacial score (nSPS) is 18.7. The molecule has 1 aliphatic heterocycles. The van der Waals surface area contributed by atoms with Crippen LogP contribution in [0, 0.1) is 0 Å². The van der Waals surface area contributed by atoms with Crippen molar-refractivity contribution in [1.82, 2.24) is 4.90 Å². The maximum Gasteiger partial charge on any atom is 0.329 e. The molecular formula is C13H16N2O3. The summed E-state index contributed by atoms with van der Waals surface area (Å²) >= 11 is 0. The summed E-state index contributed by atoms with van der Waals surface area (Å²) in [5.74, 6) is -0.379. The molecule has 0 radical (unpaired) electrons. The third kappa shape index (κ3) is 2.80. The Morgan fingerprint density at radius 1 is 1.33 bits per heavy atom. The molecule has 1 heterocycles. The van der Waals surface area contributed by atoms with E-state index in [4.69, 9.17) is 10.5 Å². The average molecular weight is 248 g/mol. The highest BCUT2D eigenvalue weighted by Gasteiger charge is 2.34. The zero-order valence-corrected chi connectivity index (χ0v) is 10.0. The van der Waals surface area contributed by atoms with Crippen LogP contribution in [0.2, 0.25) is 0 Å². The van der Waals surface area contributed by atoms with Gasteiger partial charge in [-0.05, 0) is 18.4 Å². The fourth-order valence-corrected chi connectivity index (χ4v) is 2.10. The van der Waals surface area contributed by atoms with Crippen LogP contribution < -0.4 is 5.73 Å². The highest BCUT2D eigenvalue weighted by molar-refractivity contribution is 5.83. The van der Waals surface area contributed by atoms with E-state index in [2.05, 4.69) is 0 Å². The van der Waals surface area contributed by atoms with E-state index in [9.17, 15) is 9.59 Å². The maximum absolute atomic E-state index is 11.9. The number of ether oxygens (including phenoxy) is 1. The first-order chi connectivity index (χ1) is 8.68. The van der Waals surface area contributed by atoms with Crippen LogP contribution in [0.4, 0.5) is 4.79 Å². The van der Waals surface area contributed by atoms with Crippen molar-refractivity contribution < 1.29 is 14.3 Å². The van der Waals surface area contributed by atoms with Crippen molar-refractivity contribution in [3.05, 3.63) is 35.9 Å². The number of esters is 1. The largest absolute Gasteiger partial charge is 0.459 e. The Morgan fingerprint density at radius 3 is 2.72 bits per heavy atom. The summed E-state index contributed by atoms with van der Waals surface area (Å²) in [4.78, 5) is 24.4. The van der Waals surface area contributed by atoms with Crippen molar-refractivity contribution in [3.63, 3.8) is 0 Å². The lowest BCUT2D eigenvalue weighted by molar-refractivity contribution is -0.149. The van der Waals surface area contributed by atoms with Crippen molar-refractivity contribution in [3.8, 4) is 0 Å². The predicted octanol–water partition coefficient (Wildman–Crippen LogP) is 1.27. The van der Waals surface area contributed by atoms with Gasteiger partial charge in [0.2, 0.25) is 0 Å². The third-order valence-electron chi connectivity index (χ3n) is 3.03. The van der Waals surface area contributed by atoms with Gasteiger partial charge in [-0.2, -0.15) is 0 Å². The summed E-state index contributed by atoms with van der Waals surface area (Å²) in [5.41, 5.74) is 6.14. The third-order valence-corrected chi connectivity index (χ3v) is 3.03. The van der Waals surface area contributed by atoms with Gasteiger partial charge in [-0.1, -0.05) is 30.3 Å².